The summed E-state index contributed by atoms with van der Waals surface area (Å²) in [5.74, 6) is 0. The van der Waals surface area contributed by atoms with Crippen molar-refractivity contribution in [3.05, 3.63) is 0 Å². The molecule has 0 amide bonds. The molecule has 0 fully saturated rings. The highest BCUT2D eigenvalue weighted by Gasteiger charge is 2.08. The predicted octanol–water partition coefficient (Wildman–Crippen LogP) is 2.47. The molecule has 7 heteroatoms. The lowest BCUT2D eigenvalue weighted by atomic mass is 11.3. The maximum absolute atomic E-state index is 4.21. The van der Waals surface area contributed by atoms with Crippen LogP contribution in [-0.2, 0) is 0 Å². The standard InChI is InChI=1S/C2H7N4P3/c1-6(2)9-4-7-3-8-5-9/h1-2H3,(H,3,4,5). The van der Waals surface area contributed by atoms with E-state index in [2.05, 4.69) is 18.6 Å². The first-order valence-electron chi connectivity index (χ1n) is 2.34. The molecule has 0 saturated heterocycles. The average Bonchev–Trinajstić information content (AvgIpc) is 1.90. The van der Waals surface area contributed by atoms with E-state index in [9.17, 15) is 0 Å². The molecule has 0 bridgehead atoms. The van der Waals surface area contributed by atoms with E-state index < -0.39 is 8.37 Å². The van der Waals surface area contributed by atoms with E-state index in [1.54, 1.807) is 0 Å². The first kappa shape index (κ1) is 7.65. The monoisotopic (exact) mass is 180 g/mol. The van der Waals surface area contributed by atoms with E-state index in [0.29, 0.717) is 0 Å². The molecule has 4 nitrogen and oxygen atoms in total. The van der Waals surface area contributed by atoms with Crippen LogP contribution in [-0.4, -0.2) is 18.8 Å². The minimum atomic E-state index is -0.441. The van der Waals surface area contributed by atoms with Crippen LogP contribution in [0.5, 0.6) is 0 Å². The summed E-state index contributed by atoms with van der Waals surface area (Å²) in [7, 11) is 5.41. The van der Waals surface area contributed by atoms with Gasteiger partial charge in [0.1, 0.15) is 8.52 Å². The van der Waals surface area contributed by atoms with E-state index in [4.69, 9.17) is 0 Å². The average molecular weight is 180 g/mol. The van der Waals surface area contributed by atoms with Gasteiger partial charge >= 0.3 is 0 Å². The van der Waals surface area contributed by atoms with E-state index in [0.717, 1.165) is 17.0 Å². The normalized spacial score (nSPS) is 29.0. The summed E-state index contributed by atoms with van der Waals surface area (Å²) in [5, 5.41) is 0. The smallest absolute Gasteiger partial charge is 0.181 e. The van der Waals surface area contributed by atoms with Crippen molar-refractivity contribution in [2.24, 2.45) is 9.03 Å². The van der Waals surface area contributed by atoms with Crippen LogP contribution in [0.4, 0.5) is 0 Å². The largest absolute Gasteiger partial charge is 0.257 e. The topological polar surface area (TPSA) is 40.0 Å². The molecule has 1 aliphatic heterocycles. The fourth-order valence-corrected chi connectivity index (χ4v) is 3.97. The maximum Gasteiger partial charge on any atom is 0.181 e. The molecule has 0 aliphatic carbocycles. The molecule has 1 unspecified atom stereocenters. The lowest BCUT2D eigenvalue weighted by Crippen LogP contribution is -2.08. The van der Waals surface area contributed by atoms with Crippen molar-refractivity contribution in [1.29, 1.82) is 0 Å². The highest BCUT2D eigenvalue weighted by molar-refractivity contribution is 7.65. The Bertz CT molecular complexity index is 143. The number of nitrogens with zero attached hydrogens (tertiary/aromatic N) is 3. The Kier molecular flexibility index (Phi) is 3.11. The van der Waals surface area contributed by atoms with Crippen molar-refractivity contribution >= 4 is 25.4 Å². The Balaban J connectivity index is 2.46. The van der Waals surface area contributed by atoms with Gasteiger partial charge in [-0.3, -0.25) is 4.67 Å². The molecule has 1 rings (SSSR count). The van der Waals surface area contributed by atoms with Crippen LogP contribution in [0.1, 0.15) is 0 Å². The van der Waals surface area contributed by atoms with Crippen molar-refractivity contribution in [2.45, 2.75) is 0 Å². The van der Waals surface area contributed by atoms with Crippen LogP contribution in [0.3, 0.4) is 0 Å². The van der Waals surface area contributed by atoms with Gasteiger partial charge in [0.15, 0.2) is 16.9 Å². The molecule has 0 aromatic carbocycles. The van der Waals surface area contributed by atoms with Crippen molar-refractivity contribution in [3.8, 4) is 0 Å². The zero-order valence-electron chi connectivity index (χ0n) is 5.18. The molecular weight excluding hydrogens is 173 g/mol. The van der Waals surface area contributed by atoms with Crippen LogP contribution in [0.15, 0.2) is 9.03 Å². The summed E-state index contributed by atoms with van der Waals surface area (Å²) >= 11 is 0. The number of rotatable bonds is 1. The summed E-state index contributed by atoms with van der Waals surface area (Å²) in [6.45, 7) is 0. The van der Waals surface area contributed by atoms with Crippen LogP contribution in [0, 0.1) is 0 Å². The summed E-state index contributed by atoms with van der Waals surface area (Å²) in [6, 6.07) is 0. The fraction of sp³-hybridized carbons (Fsp3) is 1.00. The highest BCUT2D eigenvalue weighted by atomic mass is 31.2. The zero-order valence-corrected chi connectivity index (χ0v) is 7.87. The third-order valence-corrected chi connectivity index (χ3v) is 4.23. The van der Waals surface area contributed by atoms with E-state index >= 15 is 0 Å². The molecule has 0 radical (unpaired) electrons. The molecule has 1 heterocycles. The Morgan fingerprint density at radius 3 is 2.67 bits per heavy atom. The quantitative estimate of drug-likeness (QED) is 0.629. The molecule has 0 aromatic heterocycles. The molecule has 0 saturated carbocycles. The third-order valence-electron chi connectivity index (χ3n) is 0.722. The van der Waals surface area contributed by atoms with Gasteiger partial charge in [-0.05, 0) is 14.1 Å². The lowest BCUT2D eigenvalue weighted by Gasteiger charge is -2.17. The van der Waals surface area contributed by atoms with E-state index in [1.165, 1.54) is 0 Å². The van der Waals surface area contributed by atoms with Gasteiger partial charge < -0.3 is 0 Å². The van der Waals surface area contributed by atoms with Crippen molar-refractivity contribution in [2.75, 3.05) is 14.1 Å². The van der Waals surface area contributed by atoms with Gasteiger partial charge in [-0.15, -0.1) is 0 Å². The second-order valence-electron chi connectivity index (χ2n) is 1.60. The summed E-state index contributed by atoms with van der Waals surface area (Å²) < 4.78 is 10.2. The van der Waals surface area contributed by atoms with Gasteiger partial charge in [0.2, 0.25) is 0 Å². The van der Waals surface area contributed by atoms with Gasteiger partial charge in [0.25, 0.3) is 0 Å². The zero-order chi connectivity index (χ0) is 6.69. The summed E-state index contributed by atoms with van der Waals surface area (Å²) in [5.41, 5.74) is 0. The SMILES string of the molecule is CN(C)P1N=PN=PN1. The van der Waals surface area contributed by atoms with Gasteiger partial charge in [0.05, 0.1) is 0 Å². The Morgan fingerprint density at radius 1 is 1.56 bits per heavy atom. The first-order chi connectivity index (χ1) is 4.30. The van der Waals surface area contributed by atoms with Gasteiger partial charge in [0, 0.05) is 0 Å². The van der Waals surface area contributed by atoms with E-state index in [-0.39, 0.29) is 0 Å². The minimum Gasteiger partial charge on any atom is -0.257 e. The first-order valence-corrected chi connectivity index (χ1v) is 5.24. The van der Waals surface area contributed by atoms with Crippen LogP contribution in [0.25, 0.3) is 0 Å². The van der Waals surface area contributed by atoms with Gasteiger partial charge in [-0.2, -0.15) is 13.9 Å². The second-order valence-corrected chi connectivity index (χ2v) is 5.59. The number of hydrogen-bond donors (Lipinski definition) is 1. The summed E-state index contributed by atoms with van der Waals surface area (Å²) in [4.78, 5) is 3.14. The number of nitrogens with one attached hydrogen (secondary N) is 1. The predicted molar refractivity (Wildman–Crippen MR) is 42.4 cm³/mol. The molecule has 1 N–H and O–H groups in total. The Hall–Kier alpha value is 0.550. The Labute approximate surface area is 58.8 Å². The van der Waals surface area contributed by atoms with Crippen LogP contribution >= 0.6 is 25.4 Å². The third kappa shape index (κ3) is 2.33. The van der Waals surface area contributed by atoms with Crippen LogP contribution in [0.2, 0.25) is 0 Å². The van der Waals surface area contributed by atoms with Crippen LogP contribution < -0.4 is 4.86 Å². The second kappa shape index (κ2) is 3.65. The van der Waals surface area contributed by atoms with Crippen molar-refractivity contribution < 1.29 is 0 Å². The molecule has 1 atom stereocenters. The highest BCUT2D eigenvalue weighted by Crippen LogP contribution is 2.44. The van der Waals surface area contributed by atoms with Gasteiger partial charge in [-0.1, -0.05) is 0 Å². The van der Waals surface area contributed by atoms with Crippen molar-refractivity contribution in [3.63, 3.8) is 0 Å². The molecule has 50 valence electrons. The molecule has 0 aromatic rings. The molecule has 9 heavy (non-hydrogen) atoms. The molecule has 0 spiro atoms. The fourth-order valence-electron chi connectivity index (χ4n) is 0.325. The van der Waals surface area contributed by atoms with Crippen molar-refractivity contribution in [1.82, 2.24) is 9.53 Å². The molecular formula is C2H7N4P3. The van der Waals surface area contributed by atoms with E-state index in [1.807, 2.05) is 14.1 Å². The summed E-state index contributed by atoms with van der Waals surface area (Å²) in [6.07, 6.45) is 0. The minimum absolute atomic E-state index is 0.441. The van der Waals surface area contributed by atoms with Gasteiger partial charge in [-0.25, -0.2) is 0 Å². The lowest BCUT2D eigenvalue weighted by molar-refractivity contribution is 0.674. The molecule has 1 aliphatic rings. The number of hydrogen-bond acceptors (Lipinski definition) is 4. The Morgan fingerprint density at radius 2 is 2.33 bits per heavy atom. The maximum atomic E-state index is 4.21.